The van der Waals surface area contributed by atoms with Crippen LogP contribution in [0.1, 0.15) is 33.0 Å². The third-order valence-corrected chi connectivity index (χ3v) is 4.77. The Hall–Kier alpha value is -3.80. The molecule has 0 bridgehead atoms. The minimum atomic E-state index is -0.392. The van der Waals surface area contributed by atoms with Gasteiger partial charge >= 0.3 is 5.97 Å². The summed E-state index contributed by atoms with van der Waals surface area (Å²) in [5, 5.41) is 0. The highest BCUT2D eigenvalue weighted by Crippen LogP contribution is 2.28. The number of benzene rings is 1. The number of nitrogens with zero attached hydrogens (tertiary/aromatic N) is 1. The molecule has 0 saturated heterocycles. The van der Waals surface area contributed by atoms with E-state index in [1.54, 1.807) is 19.2 Å². The number of rotatable bonds is 5. The maximum Gasteiger partial charge on any atom is 0.345 e. The molecule has 0 saturated carbocycles. The monoisotopic (exact) mass is 387 g/mol. The van der Waals surface area contributed by atoms with E-state index in [1.165, 1.54) is 0 Å². The van der Waals surface area contributed by atoms with Crippen LogP contribution in [0.4, 0.5) is 0 Å². The molecule has 6 heteroatoms. The second-order valence-electron chi connectivity index (χ2n) is 6.69. The normalized spacial score (nSPS) is 14.7. The number of H-pyrrole nitrogens is 2. The van der Waals surface area contributed by atoms with Crippen molar-refractivity contribution in [3.63, 3.8) is 0 Å². The van der Waals surface area contributed by atoms with Crippen LogP contribution < -0.4 is 4.74 Å². The summed E-state index contributed by atoms with van der Waals surface area (Å²) in [5.41, 5.74) is 5.24. The Balaban J connectivity index is 1.66. The van der Waals surface area contributed by atoms with Crippen molar-refractivity contribution in [1.82, 2.24) is 9.97 Å². The van der Waals surface area contributed by atoms with Crippen LogP contribution in [0, 0.1) is 13.8 Å². The first-order chi connectivity index (χ1) is 14.1. The summed E-state index contributed by atoms with van der Waals surface area (Å²) >= 11 is 0. The van der Waals surface area contributed by atoms with Crippen LogP contribution in [0.15, 0.2) is 71.2 Å². The van der Waals surface area contributed by atoms with Crippen molar-refractivity contribution in [2.75, 3.05) is 7.11 Å². The average molecular weight is 387 g/mol. The number of esters is 1. The molecule has 1 aromatic carbocycles. The van der Waals surface area contributed by atoms with Crippen LogP contribution in [0.5, 0.6) is 5.75 Å². The van der Waals surface area contributed by atoms with Crippen LogP contribution in [-0.4, -0.2) is 28.8 Å². The minimum absolute atomic E-state index is 0.392. The summed E-state index contributed by atoms with van der Waals surface area (Å²) in [5.74, 6) is 0.782. The van der Waals surface area contributed by atoms with Crippen molar-refractivity contribution >= 4 is 17.8 Å². The molecule has 29 heavy (non-hydrogen) atoms. The average Bonchev–Trinajstić information content (AvgIpc) is 3.43. The van der Waals surface area contributed by atoms with E-state index in [-0.39, 0.29) is 0 Å². The van der Waals surface area contributed by atoms with Gasteiger partial charge in [0, 0.05) is 23.7 Å². The first kappa shape index (κ1) is 18.6. The van der Waals surface area contributed by atoms with Crippen molar-refractivity contribution in [2.45, 2.75) is 13.8 Å². The van der Waals surface area contributed by atoms with E-state index in [2.05, 4.69) is 15.0 Å². The van der Waals surface area contributed by atoms with Gasteiger partial charge in [-0.3, -0.25) is 0 Å². The Morgan fingerprint density at radius 2 is 1.90 bits per heavy atom. The largest absolute Gasteiger partial charge is 0.494 e. The molecule has 0 unspecified atom stereocenters. The van der Waals surface area contributed by atoms with Gasteiger partial charge in [0.25, 0.3) is 0 Å². The molecule has 2 N–H and O–H groups in total. The molecule has 0 fully saturated rings. The lowest BCUT2D eigenvalue weighted by molar-refractivity contribution is 0.0733. The third-order valence-electron chi connectivity index (χ3n) is 4.77. The second-order valence-corrected chi connectivity index (χ2v) is 6.69. The van der Waals surface area contributed by atoms with Gasteiger partial charge in [-0.25, -0.2) is 9.79 Å². The van der Waals surface area contributed by atoms with Crippen LogP contribution in [-0.2, 0) is 4.74 Å². The maximum absolute atomic E-state index is 12.7. The van der Waals surface area contributed by atoms with Gasteiger partial charge in [-0.15, -0.1) is 0 Å². The Labute approximate surface area is 168 Å². The zero-order chi connectivity index (χ0) is 20.4. The summed E-state index contributed by atoms with van der Waals surface area (Å²) in [7, 11) is 1.61. The van der Waals surface area contributed by atoms with E-state index in [0.717, 1.165) is 28.4 Å². The van der Waals surface area contributed by atoms with E-state index < -0.39 is 5.97 Å². The number of allylic oxidation sites excluding steroid dienone is 1. The lowest BCUT2D eigenvalue weighted by atomic mass is 10.1. The van der Waals surface area contributed by atoms with Crippen molar-refractivity contribution in [2.24, 2.45) is 4.99 Å². The molecule has 1 aliphatic heterocycles. The van der Waals surface area contributed by atoms with E-state index in [4.69, 9.17) is 9.47 Å². The Morgan fingerprint density at radius 1 is 1.10 bits per heavy atom. The van der Waals surface area contributed by atoms with Gasteiger partial charge in [0.05, 0.1) is 24.1 Å². The predicted molar refractivity (Wildman–Crippen MR) is 112 cm³/mol. The molecule has 0 radical (unpaired) electrons. The molecule has 2 aromatic heterocycles. The molecule has 146 valence electrons. The van der Waals surface area contributed by atoms with Gasteiger partial charge < -0.3 is 19.4 Å². The number of hydrogen-bond donors (Lipinski definition) is 2. The standard InChI is InChI=1S/C23H21N3O3/c1-14-18(12-20-21(28-3)13-19(26-20)17-10-7-11-24-17)25-15(2)22(14)23(27)29-16-8-5-4-6-9-16/h4-13,24-25H,1-3H3/b20-12-. The van der Waals surface area contributed by atoms with Crippen molar-refractivity contribution in [3.8, 4) is 5.75 Å². The van der Waals surface area contributed by atoms with Crippen molar-refractivity contribution < 1.29 is 14.3 Å². The number of aromatic nitrogens is 2. The fourth-order valence-corrected chi connectivity index (χ4v) is 3.32. The fraction of sp³-hybridized carbons (Fsp3) is 0.130. The molecule has 6 nitrogen and oxygen atoms in total. The molecule has 0 atom stereocenters. The Kier molecular flexibility index (Phi) is 4.91. The quantitative estimate of drug-likeness (QED) is 0.498. The zero-order valence-electron chi connectivity index (χ0n) is 16.4. The molecule has 3 heterocycles. The number of para-hydroxylation sites is 1. The summed E-state index contributed by atoms with van der Waals surface area (Å²) < 4.78 is 11.0. The molecule has 0 spiro atoms. The molecule has 1 aliphatic rings. The summed E-state index contributed by atoms with van der Waals surface area (Å²) in [6, 6.07) is 12.9. The summed E-state index contributed by atoms with van der Waals surface area (Å²) in [4.78, 5) is 23.8. The SMILES string of the molecule is COC1=CC(c2ccc[nH]2)=N/C1=C\c1[nH]c(C)c(C(=O)Oc2ccccc2)c1C. The van der Waals surface area contributed by atoms with E-state index in [1.807, 2.05) is 62.5 Å². The van der Waals surface area contributed by atoms with Crippen LogP contribution in [0.25, 0.3) is 6.08 Å². The zero-order valence-corrected chi connectivity index (χ0v) is 16.4. The highest BCUT2D eigenvalue weighted by atomic mass is 16.5. The van der Waals surface area contributed by atoms with E-state index >= 15 is 0 Å². The fourth-order valence-electron chi connectivity index (χ4n) is 3.32. The van der Waals surface area contributed by atoms with Gasteiger partial charge in [-0.1, -0.05) is 18.2 Å². The number of aromatic amines is 2. The minimum Gasteiger partial charge on any atom is -0.494 e. The van der Waals surface area contributed by atoms with Gasteiger partial charge in [-0.05, 0) is 49.8 Å². The van der Waals surface area contributed by atoms with Crippen LogP contribution in [0.3, 0.4) is 0 Å². The van der Waals surface area contributed by atoms with E-state index in [0.29, 0.717) is 22.8 Å². The molecular formula is C23H21N3O3. The smallest absolute Gasteiger partial charge is 0.345 e. The third kappa shape index (κ3) is 3.65. The van der Waals surface area contributed by atoms with Crippen molar-refractivity contribution in [1.29, 1.82) is 0 Å². The number of nitrogens with one attached hydrogen (secondary N) is 2. The molecular weight excluding hydrogens is 366 g/mol. The lowest BCUT2D eigenvalue weighted by Crippen LogP contribution is -2.10. The number of hydrogen-bond acceptors (Lipinski definition) is 4. The van der Waals surface area contributed by atoms with Gasteiger partial charge in [0.1, 0.15) is 17.2 Å². The number of aliphatic imine (C=N–C) groups is 1. The topological polar surface area (TPSA) is 79.5 Å². The summed E-state index contributed by atoms with van der Waals surface area (Å²) in [6.07, 6.45) is 5.61. The van der Waals surface area contributed by atoms with Gasteiger partial charge in [0.15, 0.2) is 0 Å². The highest BCUT2D eigenvalue weighted by molar-refractivity contribution is 6.11. The number of aryl methyl sites for hydroxylation is 1. The lowest BCUT2D eigenvalue weighted by Gasteiger charge is -2.05. The van der Waals surface area contributed by atoms with Gasteiger partial charge in [-0.2, -0.15) is 0 Å². The van der Waals surface area contributed by atoms with Crippen molar-refractivity contribution in [3.05, 3.63) is 94.4 Å². The van der Waals surface area contributed by atoms with Crippen LogP contribution in [0.2, 0.25) is 0 Å². The number of methoxy groups -OCH3 is 1. The number of carbonyl (C=O) groups is 1. The Morgan fingerprint density at radius 3 is 2.59 bits per heavy atom. The number of ether oxygens (including phenoxy) is 2. The van der Waals surface area contributed by atoms with Gasteiger partial charge in [0.2, 0.25) is 0 Å². The van der Waals surface area contributed by atoms with Crippen LogP contribution >= 0.6 is 0 Å². The molecule has 4 rings (SSSR count). The Bertz CT molecular complexity index is 1130. The second kappa shape index (κ2) is 7.67. The molecule has 3 aromatic rings. The molecule has 0 aliphatic carbocycles. The highest BCUT2D eigenvalue weighted by Gasteiger charge is 2.22. The first-order valence-corrected chi connectivity index (χ1v) is 9.23. The summed E-state index contributed by atoms with van der Waals surface area (Å²) in [6.45, 7) is 3.74. The first-order valence-electron chi connectivity index (χ1n) is 9.23. The predicted octanol–water partition coefficient (Wildman–Crippen LogP) is 4.55. The maximum atomic E-state index is 12.7. The molecule has 0 amide bonds. The number of carbonyl (C=O) groups excluding carboxylic acids is 1. The van der Waals surface area contributed by atoms with E-state index in [9.17, 15) is 4.79 Å².